The van der Waals surface area contributed by atoms with Gasteiger partial charge in [-0.25, -0.2) is 0 Å². The molecule has 2 aliphatic heterocycles. The summed E-state index contributed by atoms with van der Waals surface area (Å²) in [6.45, 7) is 2.97. The lowest BCUT2D eigenvalue weighted by Crippen LogP contribution is -2.44. The van der Waals surface area contributed by atoms with Crippen LogP contribution < -0.4 is 10.6 Å². The van der Waals surface area contributed by atoms with Crippen LogP contribution >= 0.6 is 11.6 Å². The van der Waals surface area contributed by atoms with Crippen LogP contribution in [0.3, 0.4) is 0 Å². The van der Waals surface area contributed by atoms with Crippen molar-refractivity contribution in [2.45, 2.75) is 44.7 Å². The summed E-state index contributed by atoms with van der Waals surface area (Å²) in [6, 6.07) is 7.62. The topological polar surface area (TPSA) is 29.3 Å². The van der Waals surface area contributed by atoms with Crippen molar-refractivity contribution in [1.82, 2.24) is 0 Å². The van der Waals surface area contributed by atoms with Crippen LogP contribution in [0.25, 0.3) is 0 Å². The second kappa shape index (κ2) is 4.75. The third kappa shape index (κ3) is 1.92. The highest BCUT2D eigenvalue weighted by molar-refractivity contribution is 6.31. The molecule has 2 N–H and O–H groups in total. The Bertz CT molecular complexity index is 432. The molecular weight excluding hydrogens is 244 g/mol. The van der Waals surface area contributed by atoms with E-state index in [1.54, 1.807) is 0 Å². The minimum atomic E-state index is 0.675. The fraction of sp³-hybridized carbons (Fsp3) is 0.600. The predicted octanol–water partition coefficient (Wildman–Crippen LogP) is 3.35. The Morgan fingerprint density at radius 1 is 1.28 bits per heavy atom. The van der Waals surface area contributed by atoms with Gasteiger partial charge in [0.15, 0.2) is 0 Å². The first-order valence-corrected chi connectivity index (χ1v) is 7.32. The third-order valence-electron chi connectivity index (χ3n) is 4.68. The van der Waals surface area contributed by atoms with E-state index in [0.29, 0.717) is 12.1 Å². The molecule has 1 aromatic rings. The first-order valence-electron chi connectivity index (χ1n) is 6.94. The Morgan fingerprint density at radius 3 is 2.56 bits per heavy atom. The van der Waals surface area contributed by atoms with Gasteiger partial charge in [0, 0.05) is 22.8 Å². The molecule has 2 nitrogen and oxygen atoms in total. The lowest BCUT2D eigenvalue weighted by Gasteiger charge is -2.41. The van der Waals surface area contributed by atoms with Crippen molar-refractivity contribution in [2.24, 2.45) is 11.7 Å². The Morgan fingerprint density at radius 2 is 1.94 bits per heavy atom. The van der Waals surface area contributed by atoms with Gasteiger partial charge in [-0.05, 0) is 62.8 Å². The minimum absolute atomic E-state index is 0.675. The summed E-state index contributed by atoms with van der Waals surface area (Å²) in [4.78, 5) is 2.62. The van der Waals surface area contributed by atoms with Crippen molar-refractivity contribution < 1.29 is 0 Å². The van der Waals surface area contributed by atoms with Crippen LogP contribution in [0.5, 0.6) is 0 Å². The van der Waals surface area contributed by atoms with E-state index in [2.05, 4.69) is 24.0 Å². The molecule has 2 atom stereocenters. The van der Waals surface area contributed by atoms with Crippen molar-refractivity contribution in [3.63, 3.8) is 0 Å². The largest absolute Gasteiger partial charge is 0.365 e. The molecule has 2 heterocycles. The molecular formula is C15H21ClN2. The van der Waals surface area contributed by atoms with E-state index in [1.165, 1.54) is 36.9 Å². The zero-order valence-electron chi connectivity index (χ0n) is 10.9. The number of anilines is 1. The molecule has 98 valence electrons. The van der Waals surface area contributed by atoms with Gasteiger partial charge in [-0.3, -0.25) is 0 Å². The molecule has 0 amide bonds. The summed E-state index contributed by atoms with van der Waals surface area (Å²) in [5.74, 6) is 0.721. The normalized spacial score (nSPS) is 30.8. The summed E-state index contributed by atoms with van der Waals surface area (Å²) in [5.41, 5.74) is 8.42. The molecule has 2 unspecified atom stereocenters. The average molecular weight is 265 g/mol. The number of nitrogens with zero attached hydrogens (tertiary/aromatic N) is 1. The molecule has 0 spiro atoms. The van der Waals surface area contributed by atoms with Gasteiger partial charge in [-0.2, -0.15) is 0 Å². The van der Waals surface area contributed by atoms with Crippen molar-refractivity contribution in [3.05, 3.63) is 28.8 Å². The second-order valence-electron chi connectivity index (χ2n) is 5.75. The first-order chi connectivity index (χ1) is 8.70. The van der Waals surface area contributed by atoms with E-state index in [1.807, 2.05) is 6.07 Å². The highest BCUT2D eigenvalue weighted by Crippen LogP contribution is 2.43. The van der Waals surface area contributed by atoms with Gasteiger partial charge < -0.3 is 10.6 Å². The second-order valence-corrected chi connectivity index (χ2v) is 6.16. The van der Waals surface area contributed by atoms with Gasteiger partial charge in [0.2, 0.25) is 0 Å². The summed E-state index contributed by atoms with van der Waals surface area (Å²) < 4.78 is 0. The Kier molecular flexibility index (Phi) is 3.25. The molecule has 2 bridgehead atoms. The van der Waals surface area contributed by atoms with Gasteiger partial charge in [0.25, 0.3) is 0 Å². The fourth-order valence-electron chi connectivity index (χ4n) is 3.75. The Labute approximate surface area is 114 Å². The fourth-order valence-corrected chi connectivity index (χ4v) is 3.92. The third-order valence-corrected chi connectivity index (χ3v) is 5.09. The van der Waals surface area contributed by atoms with E-state index in [4.69, 9.17) is 17.3 Å². The van der Waals surface area contributed by atoms with E-state index >= 15 is 0 Å². The van der Waals surface area contributed by atoms with Crippen LogP contribution in [0.2, 0.25) is 5.02 Å². The van der Waals surface area contributed by atoms with Gasteiger partial charge in [-0.15, -0.1) is 0 Å². The molecule has 0 aliphatic carbocycles. The van der Waals surface area contributed by atoms with E-state index < -0.39 is 0 Å². The van der Waals surface area contributed by atoms with Crippen LogP contribution in [0.15, 0.2) is 18.2 Å². The van der Waals surface area contributed by atoms with Gasteiger partial charge in [-0.1, -0.05) is 17.7 Å². The number of fused-ring (bicyclic) bond motifs is 2. The number of piperidine rings is 1. The number of hydrogen-bond acceptors (Lipinski definition) is 2. The molecule has 2 saturated heterocycles. The monoisotopic (exact) mass is 264 g/mol. The molecule has 0 radical (unpaired) electrons. The van der Waals surface area contributed by atoms with Crippen LogP contribution in [-0.2, 0) is 0 Å². The summed E-state index contributed by atoms with van der Waals surface area (Å²) >= 11 is 6.26. The molecule has 0 aromatic heterocycles. The van der Waals surface area contributed by atoms with Gasteiger partial charge in [0.05, 0.1) is 0 Å². The number of nitrogens with two attached hydrogens (primary N) is 1. The molecule has 2 aliphatic rings. The first kappa shape index (κ1) is 12.3. The highest BCUT2D eigenvalue weighted by atomic mass is 35.5. The number of halogens is 1. The van der Waals surface area contributed by atoms with Crippen LogP contribution in [-0.4, -0.2) is 18.6 Å². The molecule has 0 saturated carbocycles. The maximum Gasteiger partial charge on any atom is 0.0455 e. The van der Waals surface area contributed by atoms with E-state index in [9.17, 15) is 0 Å². The maximum atomic E-state index is 6.26. The standard InChI is InChI=1S/C15H21ClN2/c1-10-14(16)3-2-4-15(10)18-12-5-6-13(18)8-11(7-12)9-17/h2-4,11-13H,5-9,17H2,1H3. The quantitative estimate of drug-likeness (QED) is 0.888. The molecule has 18 heavy (non-hydrogen) atoms. The van der Waals surface area contributed by atoms with Crippen molar-refractivity contribution in [2.75, 3.05) is 11.4 Å². The molecule has 2 fully saturated rings. The van der Waals surface area contributed by atoms with Crippen LogP contribution in [0.4, 0.5) is 5.69 Å². The predicted molar refractivity (Wildman–Crippen MR) is 77.3 cm³/mol. The van der Waals surface area contributed by atoms with Gasteiger partial charge in [0.1, 0.15) is 0 Å². The van der Waals surface area contributed by atoms with Gasteiger partial charge >= 0.3 is 0 Å². The number of benzene rings is 1. The minimum Gasteiger partial charge on any atom is -0.365 e. The molecule has 1 aromatic carbocycles. The zero-order chi connectivity index (χ0) is 12.7. The Balaban J connectivity index is 1.92. The highest BCUT2D eigenvalue weighted by Gasteiger charge is 2.40. The molecule has 3 rings (SSSR count). The van der Waals surface area contributed by atoms with E-state index in [-0.39, 0.29) is 0 Å². The lowest BCUT2D eigenvalue weighted by molar-refractivity contribution is 0.346. The summed E-state index contributed by atoms with van der Waals surface area (Å²) in [5, 5.41) is 0.882. The summed E-state index contributed by atoms with van der Waals surface area (Å²) in [7, 11) is 0. The van der Waals surface area contributed by atoms with Crippen LogP contribution in [0, 0.1) is 12.8 Å². The van der Waals surface area contributed by atoms with Crippen molar-refractivity contribution in [3.8, 4) is 0 Å². The zero-order valence-corrected chi connectivity index (χ0v) is 11.7. The van der Waals surface area contributed by atoms with Crippen molar-refractivity contribution in [1.29, 1.82) is 0 Å². The molecule has 3 heteroatoms. The smallest absolute Gasteiger partial charge is 0.0455 e. The van der Waals surface area contributed by atoms with E-state index in [0.717, 1.165) is 17.5 Å². The maximum absolute atomic E-state index is 6.26. The number of rotatable bonds is 2. The lowest BCUT2D eigenvalue weighted by atomic mass is 9.90. The SMILES string of the molecule is Cc1c(Cl)cccc1N1C2CCC1CC(CN)C2. The Hall–Kier alpha value is -0.730. The van der Waals surface area contributed by atoms with Crippen LogP contribution in [0.1, 0.15) is 31.2 Å². The van der Waals surface area contributed by atoms with Crippen molar-refractivity contribution >= 4 is 17.3 Å². The summed E-state index contributed by atoms with van der Waals surface area (Å²) in [6.07, 6.45) is 5.12. The number of hydrogen-bond donors (Lipinski definition) is 1. The average Bonchev–Trinajstić information content (AvgIpc) is 2.63.